The van der Waals surface area contributed by atoms with Crippen LogP contribution in [0.15, 0.2) is 30.3 Å². The molecular weight excluding hydrogens is 370 g/mol. The molecule has 2 fully saturated rings. The van der Waals surface area contributed by atoms with Crippen LogP contribution in [0.1, 0.15) is 52.6 Å². The number of para-hydroxylation sites is 1. The molecule has 1 atom stereocenters. The van der Waals surface area contributed by atoms with Gasteiger partial charge in [-0.3, -0.25) is 14.5 Å². The molecule has 3 aliphatic rings. The molecule has 5 rings (SSSR count). The van der Waals surface area contributed by atoms with Gasteiger partial charge in [0.15, 0.2) is 11.3 Å². The third kappa shape index (κ3) is 2.60. The van der Waals surface area contributed by atoms with Crippen molar-refractivity contribution in [3.05, 3.63) is 52.8 Å². The van der Waals surface area contributed by atoms with E-state index in [1.54, 1.807) is 12.1 Å². The van der Waals surface area contributed by atoms with Crippen molar-refractivity contribution in [1.29, 1.82) is 0 Å². The molecular formula is C22H23N3O4. The number of hydrogen-bond acceptors (Lipinski definition) is 4. The van der Waals surface area contributed by atoms with E-state index < -0.39 is 11.6 Å². The number of imide groups is 1. The first-order valence-corrected chi connectivity index (χ1v) is 10.0. The average Bonchev–Trinajstić information content (AvgIpc) is 3.45. The van der Waals surface area contributed by atoms with Gasteiger partial charge in [-0.1, -0.05) is 18.2 Å². The molecule has 0 bridgehead atoms. The van der Waals surface area contributed by atoms with Crippen molar-refractivity contribution in [1.82, 2.24) is 14.8 Å². The first-order chi connectivity index (χ1) is 13.9. The molecule has 2 aliphatic heterocycles. The predicted molar refractivity (Wildman–Crippen MR) is 105 cm³/mol. The molecule has 7 heteroatoms. The lowest BCUT2D eigenvalue weighted by Crippen LogP contribution is -2.47. The van der Waals surface area contributed by atoms with Gasteiger partial charge in [0.05, 0.1) is 13.2 Å². The number of ketones is 1. The van der Waals surface area contributed by atoms with Crippen LogP contribution in [0, 0.1) is 13.8 Å². The quantitative estimate of drug-likeness (QED) is 0.640. The number of rotatable bonds is 4. The Bertz CT molecular complexity index is 1050. The van der Waals surface area contributed by atoms with Gasteiger partial charge in [-0.15, -0.1) is 0 Å². The number of carbonyl (C=O) groups is 3. The summed E-state index contributed by atoms with van der Waals surface area (Å²) in [7, 11) is 0. The lowest BCUT2D eigenvalue weighted by molar-refractivity contribution is -0.132. The number of ether oxygens (including phenoxy) is 1. The number of nitrogens with zero attached hydrogens (tertiary/aromatic N) is 2. The maximum absolute atomic E-state index is 13.3. The van der Waals surface area contributed by atoms with Crippen molar-refractivity contribution >= 4 is 17.7 Å². The summed E-state index contributed by atoms with van der Waals surface area (Å²) >= 11 is 0. The summed E-state index contributed by atoms with van der Waals surface area (Å²) in [6.07, 6.45) is 2.59. The summed E-state index contributed by atoms with van der Waals surface area (Å²) in [5.41, 5.74) is 2.03. The fourth-order valence-electron chi connectivity index (χ4n) is 4.70. The summed E-state index contributed by atoms with van der Waals surface area (Å²) in [5.74, 6) is -0.0120. The molecule has 1 saturated heterocycles. The highest BCUT2D eigenvalue weighted by Gasteiger charge is 2.55. The molecule has 29 heavy (non-hydrogen) atoms. The van der Waals surface area contributed by atoms with E-state index in [1.807, 2.05) is 32.0 Å². The Morgan fingerprint density at radius 3 is 2.76 bits per heavy atom. The summed E-state index contributed by atoms with van der Waals surface area (Å²) in [6.45, 7) is 3.99. The lowest BCUT2D eigenvalue weighted by Gasteiger charge is -2.33. The van der Waals surface area contributed by atoms with E-state index in [9.17, 15) is 14.4 Å². The number of fused-ring (bicyclic) bond motifs is 2. The normalized spacial score (nSPS) is 23.2. The number of amides is 3. The van der Waals surface area contributed by atoms with Gasteiger partial charge in [0.2, 0.25) is 0 Å². The van der Waals surface area contributed by atoms with Gasteiger partial charge >= 0.3 is 6.03 Å². The van der Waals surface area contributed by atoms with Crippen molar-refractivity contribution in [2.24, 2.45) is 0 Å². The van der Waals surface area contributed by atoms with Crippen LogP contribution in [-0.4, -0.2) is 40.3 Å². The zero-order valence-electron chi connectivity index (χ0n) is 16.5. The van der Waals surface area contributed by atoms with Crippen molar-refractivity contribution in [3.63, 3.8) is 0 Å². The number of carbonyl (C=O) groups excluding carboxylic acids is 3. The van der Waals surface area contributed by atoms with Gasteiger partial charge in [0.25, 0.3) is 5.91 Å². The zero-order chi connectivity index (χ0) is 20.3. The highest BCUT2D eigenvalue weighted by molar-refractivity contribution is 6.12. The van der Waals surface area contributed by atoms with Gasteiger partial charge < -0.3 is 14.6 Å². The van der Waals surface area contributed by atoms with Crippen LogP contribution in [0.5, 0.6) is 5.75 Å². The smallest absolute Gasteiger partial charge is 0.325 e. The summed E-state index contributed by atoms with van der Waals surface area (Å²) in [4.78, 5) is 40.1. The van der Waals surface area contributed by atoms with Crippen molar-refractivity contribution in [2.45, 2.75) is 44.7 Å². The van der Waals surface area contributed by atoms with E-state index in [-0.39, 0.29) is 18.2 Å². The molecule has 1 aromatic carbocycles. The largest absolute Gasteiger partial charge is 0.493 e. The van der Waals surface area contributed by atoms with E-state index in [4.69, 9.17) is 4.74 Å². The predicted octanol–water partition coefficient (Wildman–Crippen LogP) is 2.85. The van der Waals surface area contributed by atoms with E-state index in [2.05, 4.69) is 9.88 Å². The Morgan fingerprint density at radius 1 is 1.24 bits per heavy atom. The Labute approximate surface area is 168 Å². The lowest BCUT2D eigenvalue weighted by atomic mass is 9.84. The van der Waals surface area contributed by atoms with Crippen molar-refractivity contribution < 1.29 is 19.1 Å². The van der Waals surface area contributed by atoms with Gasteiger partial charge in [0, 0.05) is 35.0 Å². The highest BCUT2D eigenvalue weighted by Crippen LogP contribution is 2.41. The second-order valence-electron chi connectivity index (χ2n) is 8.13. The molecule has 3 amide bonds. The molecule has 7 nitrogen and oxygen atoms in total. The molecule has 1 aliphatic carbocycles. The number of aryl methyl sites for hydroxylation is 1. The molecule has 150 valence electrons. The van der Waals surface area contributed by atoms with E-state index in [0.717, 1.165) is 29.1 Å². The molecule has 1 N–H and O–H groups in total. The van der Waals surface area contributed by atoms with Gasteiger partial charge in [-0.25, -0.2) is 4.79 Å². The van der Waals surface area contributed by atoms with Crippen LogP contribution < -0.4 is 10.1 Å². The highest BCUT2D eigenvalue weighted by atomic mass is 16.5. The molecule has 1 saturated carbocycles. The Morgan fingerprint density at radius 2 is 2.00 bits per heavy atom. The molecule has 0 unspecified atom stereocenters. The Balaban J connectivity index is 1.44. The van der Waals surface area contributed by atoms with Crippen LogP contribution in [0.25, 0.3) is 0 Å². The fraction of sp³-hybridized carbons (Fsp3) is 0.409. The second kappa shape index (κ2) is 6.20. The van der Waals surface area contributed by atoms with Crippen LogP contribution in [0.2, 0.25) is 0 Å². The maximum Gasteiger partial charge on any atom is 0.325 e. The minimum Gasteiger partial charge on any atom is -0.493 e. The zero-order valence-corrected chi connectivity index (χ0v) is 16.5. The average molecular weight is 393 g/mol. The van der Waals surface area contributed by atoms with E-state index in [0.29, 0.717) is 35.9 Å². The Hall–Kier alpha value is -3.09. The third-order valence-corrected chi connectivity index (χ3v) is 6.26. The monoisotopic (exact) mass is 393 g/mol. The standard InChI is InChI=1S/C22H23N3O4/c1-13-11-16(14(2)25(13)15-7-8-15)18(26)12-24-20(27)22(23-21(24)28)9-10-29-19-6-4-3-5-17(19)22/h3-6,11,15H,7-10,12H2,1-2H3,(H,23,28)/t22-/m0/s1. The SMILES string of the molecule is Cc1cc(C(=O)CN2C(=O)N[C@]3(CCOc4ccccc43)C2=O)c(C)n1C1CC1. The van der Waals surface area contributed by atoms with Crippen LogP contribution >= 0.6 is 0 Å². The summed E-state index contributed by atoms with van der Waals surface area (Å²) in [5, 5.41) is 2.84. The van der Waals surface area contributed by atoms with Crippen LogP contribution in [0.3, 0.4) is 0 Å². The number of Topliss-reactive ketones (excluding diaryl/α,β-unsaturated/α-hetero) is 1. The van der Waals surface area contributed by atoms with Gasteiger partial charge in [-0.05, 0) is 38.8 Å². The minimum absolute atomic E-state index is 0.217. The maximum atomic E-state index is 13.3. The number of hydrogen-bond donors (Lipinski definition) is 1. The van der Waals surface area contributed by atoms with Gasteiger partial charge in [0.1, 0.15) is 5.75 Å². The molecule has 1 aromatic heterocycles. The van der Waals surface area contributed by atoms with E-state index >= 15 is 0 Å². The summed E-state index contributed by atoms with van der Waals surface area (Å²) < 4.78 is 7.84. The minimum atomic E-state index is -1.16. The topological polar surface area (TPSA) is 80.6 Å². The van der Waals surface area contributed by atoms with Gasteiger partial charge in [-0.2, -0.15) is 0 Å². The van der Waals surface area contributed by atoms with Crippen molar-refractivity contribution in [2.75, 3.05) is 13.2 Å². The molecule has 1 spiro atoms. The number of nitrogens with one attached hydrogen (secondary N) is 1. The molecule has 3 heterocycles. The first-order valence-electron chi connectivity index (χ1n) is 10.0. The first kappa shape index (κ1) is 18.0. The third-order valence-electron chi connectivity index (χ3n) is 6.26. The number of benzene rings is 1. The number of urea groups is 1. The molecule has 2 aromatic rings. The number of aromatic nitrogens is 1. The second-order valence-corrected chi connectivity index (χ2v) is 8.13. The van der Waals surface area contributed by atoms with E-state index in [1.165, 1.54) is 0 Å². The molecule has 0 radical (unpaired) electrons. The fourth-order valence-corrected chi connectivity index (χ4v) is 4.70. The van der Waals surface area contributed by atoms with Crippen LogP contribution in [0.4, 0.5) is 4.79 Å². The van der Waals surface area contributed by atoms with Crippen LogP contribution in [-0.2, 0) is 10.3 Å². The Kier molecular flexibility index (Phi) is 3.84. The summed E-state index contributed by atoms with van der Waals surface area (Å²) in [6, 6.07) is 9.03. The van der Waals surface area contributed by atoms with Crippen molar-refractivity contribution in [3.8, 4) is 5.75 Å².